The summed E-state index contributed by atoms with van der Waals surface area (Å²) in [6.45, 7) is 6.21. The minimum atomic E-state index is 0.880. The average Bonchev–Trinajstić information content (AvgIpc) is 3.30. The summed E-state index contributed by atoms with van der Waals surface area (Å²) >= 11 is 0. The van der Waals surface area contributed by atoms with Gasteiger partial charge in [0.05, 0.1) is 12.8 Å². The van der Waals surface area contributed by atoms with E-state index in [9.17, 15) is 0 Å². The maximum Gasteiger partial charge on any atom is 0.165 e. The van der Waals surface area contributed by atoms with E-state index >= 15 is 0 Å². The second-order valence-corrected chi connectivity index (χ2v) is 7.80. The molecule has 3 heterocycles. The minimum absolute atomic E-state index is 0.880. The van der Waals surface area contributed by atoms with Gasteiger partial charge in [0.1, 0.15) is 11.6 Å². The van der Waals surface area contributed by atoms with Crippen LogP contribution in [0.2, 0.25) is 0 Å². The van der Waals surface area contributed by atoms with Gasteiger partial charge in [0, 0.05) is 29.9 Å². The van der Waals surface area contributed by atoms with Crippen LogP contribution in [0.15, 0.2) is 30.4 Å². The molecule has 5 nitrogen and oxygen atoms in total. The maximum absolute atomic E-state index is 5.39. The van der Waals surface area contributed by atoms with Crippen LogP contribution in [-0.4, -0.2) is 34.8 Å². The molecular weight excluding hydrogens is 348 g/mol. The van der Waals surface area contributed by atoms with Gasteiger partial charge in [-0.1, -0.05) is 18.2 Å². The number of nitrogens with zero attached hydrogens (tertiary/aromatic N) is 4. The van der Waals surface area contributed by atoms with E-state index < -0.39 is 0 Å². The fraction of sp³-hybridized carbons (Fsp3) is 0.391. The molecule has 0 spiro atoms. The molecule has 28 heavy (non-hydrogen) atoms. The number of aromatic nitrogens is 3. The van der Waals surface area contributed by atoms with Crippen LogP contribution < -0.4 is 9.64 Å². The largest absolute Gasteiger partial charge is 0.497 e. The van der Waals surface area contributed by atoms with Crippen LogP contribution in [0.3, 0.4) is 0 Å². The molecule has 3 aromatic rings. The molecule has 0 unspecified atom stereocenters. The molecule has 0 amide bonds. The van der Waals surface area contributed by atoms with Crippen molar-refractivity contribution in [1.29, 1.82) is 0 Å². The summed E-state index contributed by atoms with van der Waals surface area (Å²) in [4.78, 5) is 7.58. The number of hydrogen-bond acceptors (Lipinski definition) is 4. The van der Waals surface area contributed by atoms with Gasteiger partial charge in [0.2, 0.25) is 0 Å². The number of benzene rings is 1. The van der Waals surface area contributed by atoms with Crippen molar-refractivity contribution in [2.75, 3.05) is 25.1 Å². The van der Waals surface area contributed by atoms with Gasteiger partial charge in [-0.3, -0.25) is 0 Å². The monoisotopic (exact) mass is 374 g/mol. The lowest BCUT2D eigenvalue weighted by Gasteiger charge is -2.28. The van der Waals surface area contributed by atoms with Crippen molar-refractivity contribution in [3.05, 3.63) is 52.9 Å². The summed E-state index contributed by atoms with van der Waals surface area (Å²) in [6, 6.07) is 6.24. The van der Waals surface area contributed by atoms with Crippen LogP contribution in [0.5, 0.6) is 5.75 Å². The van der Waals surface area contributed by atoms with Crippen LogP contribution >= 0.6 is 0 Å². The summed E-state index contributed by atoms with van der Waals surface area (Å²) in [6.07, 6.45) is 8.97. The van der Waals surface area contributed by atoms with Crippen molar-refractivity contribution in [3.63, 3.8) is 0 Å². The van der Waals surface area contributed by atoms with Crippen molar-refractivity contribution in [3.8, 4) is 16.9 Å². The van der Waals surface area contributed by atoms with E-state index in [-0.39, 0.29) is 0 Å². The van der Waals surface area contributed by atoms with Crippen molar-refractivity contribution in [2.45, 2.75) is 39.5 Å². The van der Waals surface area contributed by atoms with E-state index in [2.05, 4.69) is 47.5 Å². The fourth-order valence-corrected chi connectivity index (χ4v) is 4.63. The SMILES string of the molecule is COc1ccc(-c2c(C)nn3c(N4CC=CCC4)c4c(nc23)CCC4)c(C)c1. The Hall–Kier alpha value is -2.82. The molecule has 0 saturated carbocycles. The number of anilines is 1. The van der Waals surface area contributed by atoms with E-state index in [1.54, 1.807) is 7.11 Å². The molecular formula is C23H26N4O. The number of methoxy groups -OCH3 is 1. The summed E-state index contributed by atoms with van der Waals surface area (Å²) in [5, 5.41) is 4.98. The summed E-state index contributed by atoms with van der Waals surface area (Å²) in [5.74, 6) is 2.13. The minimum Gasteiger partial charge on any atom is -0.497 e. The number of ether oxygens (including phenoxy) is 1. The molecule has 0 fully saturated rings. The van der Waals surface area contributed by atoms with E-state index in [4.69, 9.17) is 14.8 Å². The van der Waals surface area contributed by atoms with E-state index in [0.717, 1.165) is 55.0 Å². The third-order valence-electron chi connectivity index (χ3n) is 6.00. The lowest BCUT2D eigenvalue weighted by molar-refractivity contribution is 0.414. The highest BCUT2D eigenvalue weighted by atomic mass is 16.5. The van der Waals surface area contributed by atoms with Gasteiger partial charge in [0.15, 0.2) is 5.65 Å². The Labute approximate surface area is 165 Å². The highest BCUT2D eigenvalue weighted by Crippen LogP contribution is 2.37. The molecule has 5 heteroatoms. The van der Waals surface area contributed by atoms with Gasteiger partial charge >= 0.3 is 0 Å². The zero-order valence-corrected chi connectivity index (χ0v) is 16.8. The lowest BCUT2D eigenvalue weighted by atomic mass is 10.0. The molecule has 1 aliphatic heterocycles. The highest BCUT2D eigenvalue weighted by Gasteiger charge is 2.27. The second kappa shape index (κ2) is 6.66. The normalized spacial score (nSPS) is 16.0. The van der Waals surface area contributed by atoms with Gasteiger partial charge in [-0.2, -0.15) is 9.61 Å². The third-order valence-corrected chi connectivity index (χ3v) is 6.00. The van der Waals surface area contributed by atoms with E-state index in [0.29, 0.717) is 0 Å². The van der Waals surface area contributed by atoms with Gasteiger partial charge in [0.25, 0.3) is 0 Å². The van der Waals surface area contributed by atoms with Crippen LogP contribution in [0, 0.1) is 13.8 Å². The standard InChI is InChI=1S/C23H26N4O/c1-15-14-17(28-3)10-11-18(15)21-16(2)25-27-22(21)24-20-9-7-8-19(20)23(27)26-12-5-4-6-13-26/h4-5,10-11,14H,6-9,12-13H2,1-3H3. The van der Waals surface area contributed by atoms with Gasteiger partial charge < -0.3 is 9.64 Å². The maximum atomic E-state index is 5.39. The zero-order valence-electron chi connectivity index (χ0n) is 16.8. The molecule has 0 saturated heterocycles. The van der Waals surface area contributed by atoms with E-state index in [1.165, 1.54) is 34.6 Å². The van der Waals surface area contributed by atoms with Crippen molar-refractivity contribution < 1.29 is 4.74 Å². The number of hydrogen-bond donors (Lipinski definition) is 0. The smallest absolute Gasteiger partial charge is 0.165 e. The molecule has 0 atom stereocenters. The third kappa shape index (κ3) is 2.60. The Bertz CT molecular complexity index is 1100. The topological polar surface area (TPSA) is 42.7 Å². The Morgan fingerprint density at radius 3 is 2.75 bits per heavy atom. The quantitative estimate of drug-likeness (QED) is 0.642. The number of aryl methyl sites for hydroxylation is 3. The molecule has 2 aliphatic rings. The molecule has 0 bridgehead atoms. The molecule has 5 rings (SSSR count). The number of fused-ring (bicyclic) bond motifs is 2. The van der Waals surface area contributed by atoms with Crippen molar-refractivity contribution in [1.82, 2.24) is 14.6 Å². The van der Waals surface area contributed by atoms with Crippen molar-refractivity contribution in [2.24, 2.45) is 0 Å². The Kier molecular flexibility index (Phi) is 4.11. The first-order chi connectivity index (χ1) is 13.7. The molecule has 144 valence electrons. The molecule has 2 aromatic heterocycles. The first-order valence-corrected chi connectivity index (χ1v) is 10.1. The second-order valence-electron chi connectivity index (χ2n) is 7.80. The Balaban J connectivity index is 1.77. The van der Waals surface area contributed by atoms with Crippen LogP contribution in [0.25, 0.3) is 16.8 Å². The van der Waals surface area contributed by atoms with Crippen LogP contribution in [0.4, 0.5) is 5.82 Å². The fourth-order valence-electron chi connectivity index (χ4n) is 4.63. The number of rotatable bonds is 3. The van der Waals surface area contributed by atoms with Crippen LogP contribution in [-0.2, 0) is 12.8 Å². The van der Waals surface area contributed by atoms with Gasteiger partial charge in [-0.15, -0.1) is 0 Å². The molecule has 0 N–H and O–H groups in total. The highest BCUT2D eigenvalue weighted by molar-refractivity contribution is 5.83. The molecule has 1 aromatic carbocycles. The lowest BCUT2D eigenvalue weighted by Crippen LogP contribution is -2.30. The van der Waals surface area contributed by atoms with Crippen LogP contribution in [0.1, 0.15) is 35.4 Å². The van der Waals surface area contributed by atoms with E-state index in [1.807, 2.05) is 6.07 Å². The summed E-state index contributed by atoms with van der Waals surface area (Å²) in [7, 11) is 1.71. The average molecular weight is 374 g/mol. The van der Waals surface area contributed by atoms with Gasteiger partial charge in [-0.25, -0.2) is 4.98 Å². The summed E-state index contributed by atoms with van der Waals surface area (Å²) in [5.41, 5.74) is 8.16. The Morgan fingerprint density at radius 2 is 2.00 bits per heavy atom. The predicted octanol–water partition coefficient (Wildman–Crippen LogP) is 4.28. The summed E-state index contributed by atoms with van der Waals surface area (Å²) < 4.78 is 7.50. The van der Waals surface area contributed by atoms with Crippen molar-refractivity contribution >= 4 is 11.5 Å². The predicted molar refractivity (Wildman–Crippen MR) is 112 cm³/mol. The van der Waals surface area contributed by atoms with Gasteiger partial charge in [-0.05, 0) is 62.8 Å². The molecule has 1 aliphatic carbocycles. The Morgan fingerprint density at radius 1 is 1.11 bits per heavy atom. The zero-order chi connectivity index (χ0) is 19.3. The first kappa shape index (κ1) is 17.3. The molecule has 0 radical (unpaired) electrons. The first-order valence-electron chi connectivity index (χ1n) is 10.1.